The Hall–Kier alpha value is -2.04. The molecular weight excluding hydrogens is 218 g/mol. The standard InChI is InChI=1S/C12H15N3O2/c1-14(2)12(17)13-10-3-4-11-9(7-10)5-6-15(11)8-16/h3-4,7-8H,5-6H2,1-2H3,(H,13,17). The van der Waals surface area contributed by atoms with E-state index in [2.05, 4.69) is 5.32 Å². The molecule has 1 aromatic carbocycles. The molecule has 0 bridgehead atoms. The van der Waals surface area contributed by atoms with E-state index in [1.165, 1.54) is 4.90 Å². The van der Waals surface area contributed by atoms with Crippen LogP contribution < -0.4 is 10.2 Å². The fourth-order valence-corrected chi connectivity index (χ4v) is 1.85. The lowest BCUT2D eigenvalue weighted by molar-refractivity contribution is -0.107. The summed E-state index contributed by atoms with van der Waals surface area (Å²) >= 11 is 0. The van der Waals surface area contributed by atoms with Crippen LogP contribution in [0, 0.1) is 0 Å². The first kappa shape index (κ1) is 11.4. The van der Waals surface area contributed by atoms with Gasteiger partial charge in [-0.25, -0.2) is 4.79 Å². The van der Waals surface area contributed by atoms with Crippen molar-refractivity contribution in [2.45, 2.75) is 6.42 Å². The normalized spacial score (nSPS) is 13.2. The van der Waals surface area contributed by atoms with Gasteiger partial charge >= 0.3 is 6.03 Å². The number of carbonyl (C=O) groups is 2. The molecule has 3 amide bonds. The van der Waals surface area contributed by atoms with E-state index in [0.29, 0.717) is 6.54 Å². The molecule has 1 N–H and O–H groups in total. The average Bonchev–Trinajstić information content (AvgIpc) is 2.71. The molecule has 0 saturated carbocycles. The summed E-state index contributed by atoms with van der Waals surface area (Å²) in [5.74, 6) is 0. The summed E-state index contributed by atoms with van der Waals surface area (Å²) in [5.41, 5.74) is 2.78. The number of rotatable bonds is 2. The van der Waals surface area contributed by atoms with Gasteiger partial charge in [-0.2, -0.15) is 0 Å². The van der Waals surface area contributed by atoms with Crippen LogP contribution in [-0.4, -0.2) is 38.0 Å². The van der Waals surface area contributed by atoms with Gasteiger partial charge in [0.1, 0.15) is 0 Å². The number of hydrogen-bond acceptors (Lipinski definition) is 2. The van der Waals surface area contributed by atoms with Crippen LogP contribution in [0.4, 0.5) is 16.2 Å². The van der Waals surface area contributed by atoms with E-state index in [9.17, 15) is 9.59 Å². The van der Waals surface area contributed by atoms with Crippen molar-refractivity contribution >= 4 is 23.8 Å². The van der Waals surface area contributed by atoms with Crippen LogP contribution in [0.1, 0.15) is 5.56 Å². The highest BCUT2D eigenvalue weighted by molar-refractivity contribution is 5.90. The minimum absolute atomic E-state index is 0.157. The molecule has 90 valence electrons. The van der Waals surface area contributed by atoms with Gasteiger partial charge in [-0.05, 0) is 30.2 Å². The molecule has 0 fully saturated rings. The lowest BCUT2D eigenvalue weighted by atomic mass is 10.1. The summed E-state index contributed by atoms with van der Waals surface area (Å²) in [6.45, 7) is 0.712. The van der Waals surface area contributed by atoms with Crippen molar-refractivity contribution < 1.29 is 9.59 Å². The monoisotopic (exact) mass is 233 g/mol. The minimum Gasteiger partial charge on any atom is -0.331 e. The van der Waals surface area contributed by atoms with Gasteiger partial charge in [0.15, 0.2) is 0 Å². The molecule has 2 rings (SSSR count). The van der Waals surface area contributed by atoms with Crippen LogP contribution in [-0.2, 0) is 11.2 Å². The van der Waals surface area contributed by atoms with E-state index in [1.54, 1.807) is 19.0 Å². The van der Waals surface area contributed by atoms with Crippen LogP contribution in [0.25, 0.3) is 0 Å². The number of urea groups is 1. The molecule has 1 heterocycles. The molecule has 0 aromatic heterocycles. The van der Waals surface area contributed by atoms with Crippen LogP contribution >= 0.6 is 0 Å². The summed E-state index contributed by atoms with van der Waals surface area (Å²) in [4.78, 5) is 25.4. The van der Waals surface area contributed by atoms with Crippen LogP contribution in [0.15, 0.2) is 18.2 Å². The van der Waals surface area contributed by atoms with Crippen LogP contribution in [0.3, 0.4) is 0 Å². The topological polar surface area (TPSA) is 52.7 Å². The van der Waals surface area contributed by atoms with Gasteiger partial charge in [-0.1, -0.05) is 0 Å². The Labute approximate surface area is 100 Å². The number of hydrogen-bond donors (Lipinski definition) is 1. The van der Waals surface area contributed by atoms with Crippen molar-refractivity contribution in [3.8, 4) is 0 Å². The second-order valence-electron chi connectivity index (χ2n) is 4.22. The first-order valence-electron chi connectivity index (χ1n) is 5.45. The molecule has 1 aromatic rings. The zero-order valence-electron chi connectivity index (χ0n) is 9.93. The summed E-state index contributed by atoms with van der Waals surface area (Å²) in [6.07, 6.45) is 1.67. The molecule has 0 unspecified atom stereocenters. The maximum atomic E-state index is 11.5. The third kappa shape index (κ3) is 2.22. The van der Waals surface area contributed by atoms with Crippen molar-refractivity contribution in [2.75, 3.05) is 30.9 Å². The predicted octanol–water partition coefficient (Wildman–Crippen LogP) is 1.30. The third-order valence-electron chi connectivity index (χ3n) is 2.80. The second-order valence-corrected chi connectivity index (χ2v) is 4.22. The zero-order valence-corrected chi connectivity index (χ0v) is 9.93. The van der Waals surface area contributed by atoms with Crippen LogP contribution in [0.2, 0.25) is 0 Å². The summed E-state index contributed by atoms with van der Waals surface area (Å²) in [5, 5.41) is 2.78. The highest BCUT2D eigenvalue weighted by Crippen LogP contribution is 2.29. The van der Waals surface area contributed by atoms with Gasteiger partial charge in [0.05, 0.1) is 0 Å². The SMILES string of the molecule is CN(C)C(=O)Nc1ccc2c(c1)CCN2C=O. The Kier molecular flexibility index (Phi) is 2.99. The molecule has 17 heavy (non-hydrogen) atoms. The molecular formula is C12H15N3O2. The van der Waals surface area contributed by atoms with Crippen molar-refractivity contribution in [2.24, 2.45) is 0 Å². The predicted molar refractivity (Wildman–Crippen MR) is 66.3 cm³/mol. The number of nitrogens with zero attached hydrogens (tertiary/aromatic N) is 2. The van der Waals surface area contributed by atoms with E-state index in [4.69, 9.17) is 0 Å². The second kappa shape index (κ2) is 4.45. The fraction of sp³-hybridized carbons (Fsp3) is 0.333. The molecule has 5 nitrogen and oxygen atoms in total. The summed E-state index contributed by atoms with van der Waals surface area (Å²) in [7, 11) is 3.38. The lowest BCUT2D eigenvalue weighted by Crippen LogP contribution is -2.27. The van der Waals surface area contributed by atoms with Crippen molar-refractivity contribution in [1.82, 2.24) is 4.90 Å². The smallest absolute Gasteiger partial charge is 0.321 e. The van der Waals surface area contributed by atoms with Gasteiger partial charge in [0, 0.05) is 32.0 Å². The van der Waals surface area contributed by atoms with Gasteiger partial charge in [0.2, 0.25) is 6.41 Å². The van der Waals surface area contributed by atoms with Crippen molar-refractivity contribution in [1.29, 1.82) is 0 Å². The molecule has 0 spiro atoms. The molecule has 5 heteroatoms. The minimum atomic E-state index is -0.157. The molecule has 1 aliphatic rings. The number of amides is 3. The lowest BCUT2D eigenvalue weighted by Gasteiger charge is -2.14. The van der Waals surface area contributed by atoms with E-state index in [1.807, 2.05) is 18.2 Å². The first-order chi connectivity index (χ1) is 8.11. The highest BCUT2D eigenvalue weighted by Gasteiger charge is 2.18. The maximum Gasteiger partial charge on any atom is 0.321 e. The van der Waals surface area contributed by atoms with E-state index >= 15 is 0 Å². The summed E-state index contributed by atoms with van der Waals surface area (Å²) < 4.78 is 0. The Morgan fingerprint density at radius 2 is 2.24 bits per heavy atom. The van der Waals surface area contributed by atoms with Gasteiger partial charge in [-0.3, -0.25) is 4.79 Å². The fourth-order valence-electron chi connectivity index (χ4n) is 1.85. The Morgan fingerprint density at radius 1 is 1.47 bits per heavy atom. The van der Waals surface area contributed by atoms with Gasteiger partial charge in [0.25, 0.3) is 0 Å². The highest BCUT2D eigenvalue weighted by atomic mass is 16.2. The Balaban J connectivity index is 2.18. The molecule has 0 radical (unpaired) electrons. The quantitative estimate of drug-likeness (QED) is 0.783. The van der Waals surface area contributed by atoms with Crippen molar-refractivity contribution in [3.05, 3.63) is 23.8 Å². The molecule has 0 aliphatic carbocycles. The Morgan fingerprint density at radius 3 is 2.88 bits per heavy atom. The third-order valence-corrected chi connectivity index (χ3v) is 2.80. The van der Waals surface area contributed by atoms with Gasteiger partial charge < -0.3 is 15.1 Å². The largest absolute Gasteiger partial charge is 0.331 e. The molecule has 0 atom stereocenters. The average molecular weight is 233 g/mol. The van der Waals surface area contributed by atoms with Gasteiger partial charge in [-0.15, -0.1) is 0 Å². The number of carbonyl (C=O) groups excluding carboxylic acids is 2. The number of fused-ring (bicyclic) bond motifs is 1. The number of anilines is 2. The Bertz CT molecular complexity index is 457. The molecule has 0 saturated heterocycles. The summed E-state index contributed by atoms with van der Waals surface area (Å²) in [6, 6.07) is 5.43. The zero-order chi connectivity index (χ0) is 12.4. The number of nitrogens with one attached hydrogen (secondary N) is 1. The molecule has 1 aliphatic heterocycles. The number of benzene rings is 1. The van der Waals surface area contributed by atoms with Crippen molar-refractivity contribution in [3.63, 3.8) is 0 Å². The maximum absolute atomic E-state index is 11.5. The van der Waals surface area contributed by atoms with E-state index in [0.717, 1.165) is 29.8 Å². The van der Waals surface area contributed by atoms with E-state index < -0.39 is 0 Å². The first-order valence-corrected chi connectivity index (χ1v) is 5.45. The van der Waals surface area contributed by atoms with Crippen LogP contribution in [0.5, 0.6) is 0 Å². The van der Waals surface area contributed by atoms with E-state index in [-0.39, 0.29) is 6.03 Å².